The average Bonchev–Trinajstić information content (AvgIpc) is 3.69. The second-order valence-corrected chi connectivity index (χ2v) is 12.0. The third-order valence-corrected chi connectivity index (χ3v) is 8.00. The summed E-state index contributed by atoms with van der Waals surface area (Å²) in [7, 11) is 0. The molecule has 1 atom stereocenters. The van der Waals surface area contributed by atoms with Crippen molar-refractivity contribution < 1.29 is 19.1 Å². The summed E-state index contributed by atoms with van der Waals surface area (Å²) in [6.45, 7) is 10.8. The molecule has 204 valence electrons. The first-order chi connectivity index (χ1) is 18.4. The van der Waals surface area contributed by atoms with E-state index in [1.165, 1.54) is 0 Å². The number of nitrogens with two attached hydrogens (primary N) is 1. The molecule has 0 bridgehead atoms. The van der Waals surface area contributed by atoms with Crippen LogP contribution < -0.4 is 15.8 Å². The molecule has 3 aromatic rings. The Hall–Kier alpha value is -3.79. The predicted molar refractivity (Wildman–Crippen MR) is 146 cm³/mol. The van der Waals surface area contributed by atoms with Gasteiger partial charge in [-0.15, -0.1) is 0 Å². The van der Waals surface area contributed by atoms with Gasteiger partial charge >= 0.3 is 5.97 Å². The third-order valence-electron chi connectivity index (χ3n) is 8.00. The molecule has 3 aliphatic rings. The van der Waals surface area contributed by atoms with E-state index in [9.17, 15) is 9.59 Å². The van der Waals surface area contributed by atoms with E-state index in [-0.39, 0.29) is 29.8 Å². The third kappa shape index (κ3) is 4.67. The van der Waals surface area contributed by atoms with Crippen LogP contribution in [0.1, 0.15) is 75.0 Å². The molecule has 0 spiro atoms. The number of cyclic esters (lactones) is 1. The summed E-state index contributed by atoms with van der Waals surface area (Å²) in [6, 6.07) is 5.40. The van der Waals surface area contributed by atoms with Crippen molar-refractivity contribution in [3.05, 3.63) is 47.4 Å². The number of nitrogens with zero attached hydrogens (tertiary/aromatic N) is 4. The van der Waals surface area contributed by atoms with Crippen LogP contribution in [0.3, 0.4) is 0 Å². The van der Waals surface area contributed by atoms with E-state index in [0.29, 0.717) is 41.9 Å². The fourth-order valence-corrected chi connectivity index (χ4v) is 5.12. The Bertz CT molecular complexity index is 1490. The number of likely N-dealkylation sites (tertiary alicyclic amines) is 1. The molecule has 0 radical (unpaired) electrons. The molecule has 10 heteroatoms. The zero-order valence-corrected chi connectivity index (χ0v) is 22.9. The van der Waals surface area contributed by atoms with Gasteiger partial charge in [-0.2, -0.15) is 0 Å². The first-order valence-electron chi connectivity index (χ1n) is 13.5. The lowest BCUT2D eigenvalue weighted by molar-refractivity contribution is -0.141. The smallest absolute Gasteiger partial charge is 0.340 e. The molecule has 0 aromatic carbocycles. The maximum absolute atomic E-state index is 12.5. The molecule has 1 saturated heterocycles. The van der Waals surface area contributed by atoms with Crippen molar-refractivity contribution in [3.8, 4) is 5.88 Å². The summed E-state index contributed by atoms with van der Waals surface area (Å²) < 4.78 is 11.8. The Balaban J connectivity index is 1.28. The second-order valence-electron chi connectivity index (χ2n) is 12.0. The predicted octanol–water partition coefficient (Wildman–Crippen LogP) is 4.01. The Morgan fingerprint density at radius 2 is 1.90 bits per heavy atom. The number of carbonyl (C=O) groups is 2. The standard InChI is InChI=1S/C29H34N6O4/c1-15-24-18(27(37)39-29(15,4)5)8-9-22(34-24)33-23-10-19-20(11-31-23)25(32-12-21(19)28(2,3)30)38-17-13-35(14-17)26(36)16-6-7-16/h8-12,15-17H,6-7,13-14,30H2,1-5H3,(H,31,33,34)/t15-/m1/s1. The highest BCUT2D eigenvalue weighted by Crippen LogP contribution is 2.39. The molecule has 6 rings (SSSR count). The van der Waals surface area contributed by atoms with E-state index in [2.05, 4.69) is 15.3 Å². The number of amides is 1. The minimum Gasteiger partial charge on any atom is -0.470 e. The van der Waals surface area contributed by atoms with Crippen molar-refractivity contribution in [1.82, 2.24) is 19.9 Å². The van der Waals surface area contributed by atoms with Gasteiger partial charge in [-0.1, -0.05) is 6.92 Å². The molecule has 0 unspecified atom stereocenters. The number of esters is 1. The van der Waals surface area contributed by atoms with E-state index >= 15 is 0 Å². The van der Waals surface area contributed by atoms with Crippen LogP contribution in [0.25, 0.3) is 10.8 Å². The van der Waals surface area contributed by atoms with Crippen molar-refractivity contribution >= 4 is 34.3 Å². The van der Waals surface area contributed by atoms with E-state index in [1.807, 2.05) is 45.6 Å². The number of hydrogen-bond donors (Lipinski definition) is 2. The summed E-state index contributed by atoms with van der Waals surface area (Å²) in [5.41, 5.74) is 7.23. The number of anilines is 2. The van der Waals surface area contributed by atoms with Gasteiger partial charge < -0.3 is 25.4 Å². The molecule has 2 aliphatic heterocycles. The number of carbonyl (C=O) groups excluding carboxylic acids is 2. The van der Waals surface area contributed by atoms with Gasteiger partial charge in [0.2, 0.25) is 11.8 Å². The number of hydrogen-bond acceptors (Lipinski definition) is 9. The monoisotopic (exact) mass is 530 g/mol. The number of aromatic nitrogens is 3. The molecular weight excluding hydrogens is 496 g/mol. The van der Waals surface area contributed by atoms with E-state index in [1.54, 1.807) is 24.5 Å². The molecule has 1 amide bonds. The number of nitrogens with one attached hydrogen (secondary N) is 1. The number of ether oxygens (including phenoxy) is 2. The van der Waals surface area contributed by atoms with E-state index in [0.717, 1.165) is 29.2 Å². The summed E-state index contributed by atoms with van der Waals surface area (Å²) in [5.74, 6) is 1.63. The molecule has 10 nitrogen and oxygen atoms in total. The lowest BCUT2D eigenvalue weighted by atomic mass is 9.84. The Morgan fingerprint density at radius 1 is 1.15 bits per heavy atom. The molecule has 2 fully saturated rings. The zero-order chi connectivity index (χ0) is 27.7. The van der Waals surface area contributed by atoms with Gasteiger partial charge in [0.15, 0.2) is 0 Å². The molecular formula is C29H34N6O4. The summed E-state index contributed by atoms with van der Waals surface area (Å²) >= 11 is 0. The van der Waals surface area contributed by atoms with E-state index < -0.39 is 11.1 Å². The fraction of sp³-hybridized carbons (Fsp3) is 0.483. The maximum Gasteiger partial charge on any atom is 0.340 e. The van der Waals surface area contributed by atoms with Crippen LogP contribution >= 0.6 is 0 Å². The molecule has 1 aliphatic carbocycles. The lowest BCUT2D eigenvalue weighted by Crippen LogP contribution is -2.56. The van der Waals surface area contributed by atoms with E-state index in [4.69, 9.17) is 20.2 Å². The van der Waals surface area contributed by atoms with Gasteiger partial charge in [-0.25, -0.2) is 19.7 Å². The zero-order valence-electron chi connectivity index (χ0n) is 22.9. The van der Waals surface area contributed by atoms with Crippen LogP contribution in [-0.2, 0) is 15.1 Å². The Kier molecular flexibility index (Phi) is 5.80. The van der Waals surface area contributed by atoms with Crippen LogP contribution in [0.5, 0.6) is 5.88 Å². The lowest BCUT2D eigenvalue weighted by Gasteiger charge is -2.39. The van der Waals surface area contributed by atoms with Crippen molar-refractivity contribution in [2.75, 3.05) is 18.4 Å². The highest BCUT2D eigenvalue weighted by Gasteiger charge is 2.41. The van der Waals surface area contributed by atoms with Gasteiger partial charge in [0, 0.05) is 29.8 Å². The Morgan fingerprint density at radius 3 is 2.59 bits per heavy atom. The van der Waals surface area contributed by atoms with Crippen molar-refractivity contribution in [2.45, 2.75) is 70.6 Å². The second kappa shape index (κ2) is 8.87. The van der Waals surface area contributed by atoms with Gasteiger partial charge in [-0.3, -0.25) is 4.79 Å². The maximum atomic E-state index is 12.5. The largest absolute Gasteiger partial charge is 0.470 e. The van der Waals surface area contributed by atoms with Crippen molar-refractivity contribution in [3.63, 3.8) is 0 Å². The molecule has 1 saturated carbocycles. The highest BCUT2D eigenvalue weighted by atomic mass is 16.6. The fourth-order valence-electron chi connectivity index (χ4n) is 5.12. The van der Waals surface area contributed by atoms with Crippen LogP contribution in [-0.4, -0.2) is 56.5 Å². The first-order valence-corrected chi connectivity index (χ1v) is 13.5. The number of pyridine rings is 3. The normalized spacial score (nSPS) is 20.7. The minimum absolute atomic E-state index is 0.0751. The summed E-state index contributed by atoms with van der Waals surface area (Å²) in [4.78, 5) is 40.6. The van der Waals surface area contributed by atoms with Crippen LogP contribution in [0.2, 0.25) is 0 Å². The van der Waals surface area contributed by atoms with Crippen LogP contribution in [0.4, 0.5) is 11.6 Å². The number of fused-ring (bicyclic) bond motifs is 2. The van der Waals surface area contributed by atoms with Crippen molar-refractivity contribution in [2.24, 2.45) is 11.7 Å². The van der Waals surface area contributed by atoms with Crippen LogP contribution in [0.15, 0.2) is 30.6 Å². The minimum atomic E-state index is -0.655. The van der Waals surface area contributed by atoms with Gasteiger partial charge in [0.05, 0.1) is 29.7 Å². The first kappa shape index (κ1) is 25.5. The molecule has 3 aromatic heterocycles. The Labute approximate surface area is 227 Å². The van der Waals surface area contributed by atoms with Gasteiger partial charge in [-0.05, 0) is 69.7 Å². The quantitative estimate of drug-likeness (QED) is 0.454. The summed E-state index contributed by atoms with van der Waals surface area (Å²) in [6.07, 6.45) is 5.37. The highest BCUT2D eigenvalue weighted by molar-refractivity contribution is 5.93. The van der Waals surface area contributed by atoms with Gasteiger partial charge in [0.1, 0.15) is 23.3 Å². The van der Waals surface area contributed by atoms with Crippen molar-refractivity contribution in [1.29, 1.82) is 0 Å². The average molecular weight is 531 g/mol. The van der Waals surface area contributed by atoms with Gasteiger partial charge in [0.25, 0.3) is 0 Å². The molecule has 3 N–H and O–H groups in total. The molecule has 5 heterocycles. The topological polar surface area (TPSA) is 133 Å². The SMILES string of the molecule is C[C@@H]1c2nc(Nc3cc4c(C(C)(C)N)cnc(OC5CN(C(=O)C6CC6)C5)c4cn3)ccc2C(=O)OC1(C)C. The summed E-state index contributed by atoms with van der Waals surface area (Å²) in [5, 5.41) is 4.90. The van der Waals surface area contributed by atoms with Crippen LogP contribution in [0, 0.1) is 5.92 Å². The number of rotatable bonds is 6. The molecule has 39 heavy (non-hydrogen) atoms.